The van der Waals surface area contributed by atoms with Crippen LogP contribution in [0.25, 0.3) is 0 Å². The zero-order valence-electron chi connectivity index (χ0n) is 9.55. The third kappa shape index (κ3) is 3.55. The number of anilines is 1. The van der Waals surface area contributed by atoms with Crippen molar-refractivity contribution >= 4 is 79.4 Å². The standard InChI is InChI=1S/C12H5F2I3N2O/c13-9-6(1-2-18-11(9)14)12(20)19-10-7(16)3-5(15)4-8(10)17/h1-4H,(H,19,20). The Kier molecular flexibility index (Phi) is 5.50. The Bertz CT molecular complexity index is 671. The second-order valence-corrected chi connectivity index (χ2v) is 7.23. The normalized spacial score (nSPS) is 10.4. The first-order valence-electron chi connectivity index (χ1n) is 5.16. The number of pyridine rings is 1. The van der Waals surface area contributed by atoms with Gasteiger partial charge in [-0.25, -0.2) is 9.37 Å². The smallest absolute Gasteiger partial charge is 0.258 e. The minimum absolute atomic E-state index is 0.373. The van der Waals surface area contributed by atoms with Gasteiger partial charge in [-0.2, -0.15) is 4.39 Å². The van der Waals surface area contributed by atoms with E-state index in [0.717, 1.165) is 23.0 Å². The Hall–Kier alpha value is -0.110. The van der Waals surface area contributed by atoms with E-state index in [1.807, 2.05) is 12.1 Å². The zero-order valence-corrected chi connectivity index (χ0v) is 16.0. The van der Waals surface area contributed by atoms with Gasteiger partial charge in [0, 0.05) is 16.9 Å². The lowest BCUT2D eigenvalue weighted by Gasteiger charge is -2.11. The van der Waals surface area contributed by atoms with Crippen LogP contribution < -0.4 is 5.32 Å². The van der Waals surface area contributed by atoms with Crippen LogP contribution in [-0.4, -0.2) is 10.9 Å². The van der Waals surface area contributed by atoms with E-state index in [2.05, 4.69) is 78.1 Å². The molecule has 0 unspecified atom stereocenters. The van der Waals surface area contributed by atoms with E-state index in [1.54, 1.807) is 0 Å². The van der Waals surface area contributed by atoms with E-state index in [1.165, 1.54) is 0 Å². The number of hydrogen-bond donors (Lipinski definition) is 1. The molecule has 1 amide bonds. The molecule has 3 nitrogen and oxygen atoms in total. The van der Waals surface area contributed by atoms with Crippen molar-refractivity contribution in [2.24, 2.45) is 0 Å². The molecule has 1 N–H and O–H groups in total. The number of rotatable bonds is 2. The highest BCUT2D eigenvalue weighted by Crippen LogP contribution is 2.28. The summed E-state index contributed by atoms with van der Waals surface area (Å²) in [7, 11) is 0. The van der Waals surface area contributed by atoms with Gasteiger partial charge in [0.1, 0.15) is 0 Å². The van der Waals surface area contributed by atoms with Crippen LogP contribution in [0.2, 0.25) is 0 Å². The van der Waals surface area contributed by atoms with Crippen LogP contribution in [0.15, 0.2) is 24.4 Å². The quantitative estimate of drug-likeness (QED) is 0.404. The monoisotopic (exact) mass is 612 g/mol. The molecule has 0 radical (unpaired) electrons. The van der Waals surface area contributed by atoms with Gasteiger partial charge in [0.2, 0.25) is 5.95 Å². The molecule has 0 fully saturated rings. The molecular weight excluding hydrogens is 607 g/mol. The van der Waals surface area contributed by atoms with Crippen LogP contribution in [0.5, 0.6) is 0 Å². The molecule has 1 heterocycles. The number of amides is 1. The number of hydrogen-bond acceptors (Lipinski definition) is 2. The third-order valence-electron chi connectivity index (χ3n) is 2.34. The number of nitrogens with zero attached hydrogens (tertiary/aromatic N) is 1. The molecule has 0 aliphatic heterocycles. The van der Waals surface area contributed by atoms with Crippen LogP contribution in [0.3, 0.4) is 0 Å². The van der Waals surface area contributed by atoms with Gasteiger partial charge in [-0.3, -0.25) is 4.79 Å². The molecule has 1 aromatic carbocycles. The zero-order chi connectivity index (χ0) is 14.9. The fourth-order valence-corrected chi connectivity index (χ4v) is 5.29. The summed E-state index contributed by atoms with van der Waals surface area (Å²) in [6, 6.07) is 4.89. The number of carbonyl (C=O) groups excluding carboxylic acids is 1. The second kappa shape index (κ2) is 6.77. The fraction of sp³-hybridized carbons (Fsp3) is 0. The van der Waals surface area contributed by atoms with Crippen LogP contribution in [0.4, 0.5) is 14.5 Å². The lowest BCUT2D eigenvalue weighted by molar-refractivity contribution is 0.102. The average Bonchev–Trinajstić information content (AvgIpc) is 2.36. The molecule has 0 bridgehead atoms. The lowest BCUT2D eigenvalue weighted by Crippen LogP contribution is -2.16. The van der Waals surface area contributed by atoms with Crippen LogP contribution in [0.1, 0.15) is 10.4 Å². The van der Waals surface area contributed by atoms with E-state index in [4.69, 9.17) is 0 Å². The van der Waals surface area contributed by atoms with E-state index in [-0.39, 0.29) is 5.56 Å². The molecule has 0 aliphatic rings. The van der Waals surface area contributed by atoms with Crippen molar-refractivity contribution < 1.29 is 13.6 Å². The number of benzene rings is 1. The van der Waals surface area contributed by atoms with Crippen molar-refractivity contribution in [2.75, 3.05) is 5.32 Å². The predicted molar refractivity (Wildman–Crippen MR) is 96.7 cm³/mol. The Morgan fingerprint density at radius 3 is 2.35 bits per heavy atom. The first-order chi connectivity index (χ1) is 9.40. The highest BCUT2D eigenvalue weighted by Gasteiger charge is 2.18. The molecule has 1 aromatic heterocycles. The van der Waals surface area contributed by atoms with Gasteiger partial charge < -0.3 is 5.32 Å². The van der Waals surface area contributed by atoms with Gasteiger partial charge in [-0.05, 0) is 86.0 Å². The van der Waals surface area contributed by atoms with Gasteiger partial charge in [0.05, 0.1) is 11.3 Å². The second-order valence-electron chi connectivity index (χ2n) is 3.66. The third-order valence-corrected chi connectivity index (χ3v) is 4.66. The van der Waals surface area contributed by atoms with Crippen molar-refractivity contribution in [3.8, 4) is 0 Å². The molecule has 2 rings (SSSR count). The van der Waals surface area contributed by atoms with Crippen molar-refractivity contribution in [1.82, 2.24) is 4.98 Å². The van der Waals surface area contributed by atoms with Crippen molar-refractivity contribution in [3.05, 3.63) is 52.4 Å². The molecule has 20 heavy (non-hydrogen) atoms. The largest absolute Gasteiger partial charge is 0.320 e. The summed E-state index contributed by atoms with van der Waals surface area (Å²) in [5.74, 6) is -3.24. The summed E-state index contributed by atoms with van der Waals surface area (Å²) in [6.45, 7) is 0. The maximum atomic E-state index is 13.5. The molecule has 0 aliphatic carbocycles. The highest BCUT2D eigenvalue weighted by atomic mass is 127. The van der Waals surface area contributed by atoms with Gasteiger partial charge in [-0.1, -0.05) is 0 Å². The Morgan fingerprint density at radius 1 is 1.15 bits per heavy atom. The van der Waals surface area contributed by atoms with Crippen molar-refractivity contribution in [3.63, 3.8) is 0 Å². The molecule has 8 heteroatoms. The number of nitrogens with one attached hydrogen (secondary N) is 1. The molecule has 104 valence electrons. The molecule has 0 saturated carbocycles. The van der Waals surface area contributed by atoms with Crippen LogP contribution in [-0.2, 0) is 0 Å². The number of halogens is 5. The molecule has 0 saturated heterocycles. The van der Waals surface area contributed by atoms with Gasteiger partial charge in [0.15, 0.2) is 5.82 Å². The van der Waals surface area contributed by atoms with Crippen molar-refractivity contribution in [2.45, 2.75) is 0 Å². The summed E-state index contributed by atoms with van der Waals surface area (Å²) >= 11 is 6.31. The molecule has 0 spiro atoms. The maximum Gasteiger partial charge on any atom is 0.258 e. The summed E-state index contributed by atoms with van der Waals surface area (Å²) in [5, 5.41) is 2.60. The fourth-order valence-electron chi connectivity index (χ4n) is 1.44. The summed E-state index contributed by atoms with van der Waals surface area (Å²) < 4.78 is 29.2. The first kappa shape index (κ1) is 16.3. The SMILES string of the molecule is O=C(Nc1c(I)cc(I)cc1I)c1ccnc(F)c1F. The van der Waals surface area contributed by atoms with Gasteiger partial charge >= 0.3 is 0 Å². The molecule has 0 atom stereocenters. The summed E-state index contributed by atoms with van der Waals surface area (Å²) in [5.41, 5.74) is 0.205. The topological polar surface area (TPSA) is 42.0 Å². The number of aromatic nitrogens is 1. The minimum Gasteiger partial charge on any atom is -0.320 e. The van der Waals surface area contributed by atoms with E-state index in [9.17, 15) is 13.6 Å². The highest BCUT2D eigenvalue weighted by molar-refractivity contribution is 14.1. The van der Waals surface area contributed by atoms with Gasteiger partial charge in [-0.15, -0.1) is 0 Å². The summed E-state index contributed by atoms with van der Waals surface area (Å²) in [4.78, 5) is 15.2. The summed E-state index contributed by atoms with van der Waals surface area (Å²) in [6.07, 6.45) is 1.05. The average molecular weight is 612 g/mol. The predicted octanol–water partition coefficient (Wildman–Crippen LogP) is 4.43. The Labute approximate surface area is 154 Å². The number of carbonyl (C=O) groups is 1. The van der Waals surface area contributed by atoms with E-state index < -0.39 is 17.7 Å². The molecular formula is C12H5F2I3N2O. The molecule has 2 aromatic rings. The Balaban J connectivity index is 2.36. The Morgan fingerprint density at radius 2 is 1.75 bits per heavy atom. The maximum absolute atomic E-state index is 13.5. The van der Waals surface area contributed by atoms with Gasteiger partial charge in [0.25, 0.3) is 5.91 Å². The lowest BCUT2D eigenvalue weighted by atomic mass is 10.2. The van der Waals surface area contributed by atoms with Crippen molar-refractivity contribution in [1.29, 1.82) is 0 Å². The van der Waals surface area contributed by atoms with Crippen LogP contribution >= 0.6 is 67.8 Å². The van der Waals surface area contributed by atoms with E-state index in [0.29, 0.717) is 5.69 Å². The minimum atomic E-state index is -1.29. The first-order valence-corrected chi connectivity index (χ1v) is 8.39. The van der Waals surface area contributed by atoms with E-state index >= 15 is 0 Å². The van der Waals surface area contributed by atoms with Crippen LogP contribution in [0, 0.1) is 22.5 Å².